The van der Waals surface area contributed by atoms with Gasteiger partial charge in [-0.05, 0) is 38.2 Å². The zero-order valence-electron chi connectivity index (χ0n) is 16.6. The van der Waals surface area contributed by atoms with Crippen LogP contribution in [0, 0.1) is 6.92 Å². The molecule has 2 atom stereocenters. The SMILES string of the molecule is CN=C(NCc1ncc(C)s1)NC1CC2CCC(C1)N2Cc1ccccc1.I. The number of aryl methyl sites for hydroxylation is 1. The summed E-state index contributed by atoms with van der Waals surface area (Å²) in [5.74, 6) is 0.892. The molecule has 2 fully saturated rings. The number of fused-ring (bicyclic) bond motifs is 2. The van der Waals surface area contributed by atoms with Crippen molar-refractivity contribution in [2.45, 2.75) is 63.8 Å². The molecule has 3 heterocycles. The number of nitrogens with zero attached hydrogens (tertiary/aromatic N) is 3. The van der Waals surface area contributed by atoms with Crippen molar-refractivity contribution in [3.8, 4) is 0 Å². The van der Waals surface area contributed by atoms with Gasteiger partial charge in [0.2, 0.25) is 0 Å². The standard InChI is InChI=1S/C21H29N5S.HI/c1-15-12-23-20(27-15)13-24-21(22-2)25-17-10-18-8-9-19(11-17)26(18)14-16-6-4-3-5-7-16;/h3-7,12,17-19H,8-11,13-14H2,1-2H3,(H2,22,24,25);1H. The van der Waals surface area contributed by atoms with Gasteiger partial charge in [0, 0.05) is 42.8 Å². The van der Waals surface area contributed by atoms with Crippen molar-refractivity contribution >= 4 is 41.3 Å². The van der Waals surface area contributed by atoms with Gasteiger partial charge in [0.15, 0.2) is 5.96 Å². The van der Waals surface area contributed by atoms with Crippen molar-refractivity contribution in [1.29, 1.82) is 0 Å². The minimum Gasteiger partial charge on any atom is -0.354 e. The van der Waals surface area contributed by atoms with E-state index in [2.05, 4.69) is 62.8 Å². The molecule has 2 aliphatic rings. The fourth-order valence-corrected chi connectivity index (χ4v) is 5.20. The van der Waals surface area contributed by atoms with Gasteiger partial charge in [-0.3, -0.25) is 9.89 Å². The van der Waals surface area contributed by atoms with Crippen LogP contribution in [0.15, 0.2) is 41.5 Å². The predicted octanol–water partition coefficient (Wildman–Crippen LogP) is 3.93. The van der Waals surface area contributed by atoms with E-state index >= 15 is 0 Å². The second-order valence-corrected chi connectivity index (χ2v) is 8.97. The maximum absolute atomic E-state index is 4.42. The molecule has 2 bridgehead atoms. The van der Waals surface area contributed by atoms with Gasteiger partial charge in [0.05, 0.1) is 6.54 Å². The highest BCUT2D eigenvalue weighted by molar-refractivity contribution is 14.0. The zero-order chi connectivity index (χ0) is 18.6. The number of guanidine groups is 1. The average molecular weight is 511 g/mol. The summed E-state index contributed by atoms with van der Waals surface area (Å²) in [6.07, 6.45) is 6.96. The molecule has 0 aliphatic carbocycles. The van der Waals surface area contributed by atoms with Gasteiger partial charge in [-0.1, -0.05) is 30.3 Å². The Morgan fingerprint density at radius 3 is 2.54 bits per heavy atom. The zero-order valence-corrected chi connectivity index (χ0v) is 19.7. The molecule has 152 valence electrons. The third-order valence-electron chi connectivity index (χ3n) is 5.73. The Hall–Kier alpha value is -1.19. The summed E-state index contributed by atoms with van der Waals surface area (Å²) in [6.45, 7) is 3.91. The number of hydrogen-bond donors (Lipinski definition) is 2. The number of thiazole rings is 1. The van der Waals surface area contributed by atoms with Crippen LogP contribution in [0.3, 0.4) is 0 Å². The number of aromatic nitrogens is 1. The maximum Gasteiger partial charge on any atom is 0.191 e. The average Bonchev–Trinajstić information content (AvgIpc) is 3.19. The number of piperidine rings is 1. The molecule has 0 spiro atoms. The molecule has 2 aliphatic heterocycles. The highest BCUT2D eigenvalue weighted by atomic mass is 127. The highest BCUT2D eigenvalue weighted by Gasteiger charge is 2.40. The summed E-state index contributed by atoms with van der Waals surface area (Å²) in [6, 6.07) is 12.7. The van der Waals surface area contributed by atoms with Crippen LogP contribution in [0.25, 0.3) is 0 Å². The second kappa shape index (κ2) is 10.0. The molecule has 0 radical (unpaired) electrons. The molecular weight excluding hydrogens is 481 g/mol. The first-order chi connectivity index (χ1) is 13.2. The molecule has 0 amide bonds. The monoisotopic (exact) mass is 511 g/mol. The lowest BCUT2D eigenvalue weighted by Gasteiger charge is -2.39. The molecule has 7 heteroatoms. The lowest BCUT2D eigenvalue weighted by Crippen LogP contribution is -2.52. The summed E-state index contributed by atoms with van der Waals surface area (Å²) < 4.78 is 0. The number of rotatable bonds is 5. The fraction of sp³-hybridized carbons (Fsp3) is 0.524. The maximum atomic E-state index is 4.42. The minimum atomic E-state index is 0. The van der Waals surface area contributed by atoms with E-state index in [1.165, 1.54) is 36.1 Å². The van der Waals surface area contributed by atoms with Crippen molar-refractivity contribution in [3.05, 3.63) is 52.0 Å². The molecule has 0 saturated carbocycles. The van der Waals surface area contributed by atoms with Crippen LogP contribution in [0.1, 0.15) is 41.1 Å². The molecule has 2 N–H and O–H groups in total. The van der Waals surface area contributed by atoms with Crippen molar-refractivity contribution in [3.63, 3.8) is 0 Å². The molecule has 1 aromatic carbocycles. The molecular formula is C21H30IN5S. The normalized spacial score (nSPS) is 24.6. The van der Waals surface area contributed by atoms with Crippen molar-refractivity contribution < 1.29 is 0 Å². The van der Waals surface area contributed by atoms with Crippen LogP contribution in [0.5, 0.6) is 0 Å². The molecule has 2 unspecified atom stereocenters. The number of aliphatic imine (C=N–C) groups is 1. The second-order valence-electron chi connectivity index (χ2n) is 7.65. The van der Waals surface area contributed by atoms with Crippen LogP contribution >= 0.6 is 35.3 Å². The third-order valence-corrected chi connectivity index (χ3v) is 6.65. The Bertz CT molecular complexity index is 764. The van der Waals surface area contributed by atoms with E-state index in [4.69, 9.17) is 0 Å². The van der Waals surface area contributed by atoms with Gasteiger partial charge in [-0.25, -0.2) is 4.98 Å². The molecule has 4 rings (SSSR count). The summed E-state index contributed by atoms with van der Waals surface area (Å²) in [5, 5.41) is 8.18. The molecule has 28 heavy (non-hydrogen) atoms. The summed E-state index contributed by atoms with van der Waals surface area (Å²) in [4.78, 5) is 12.8. The van der Waals surface area contributed by atoms with Crippen LogP contribution in [0.2, 0.25) is 0 Å². The van der Waals surface area contributed by atoms with Gasteiger partial charge in [0.25, 0.3) is 0 Å². The minimum absolute atomic E-state index is 0. The summed E-state index contributed by atoms with van der Waals surface area (Å²) in [5.41, 5.74) is 1.43. The summed E-state index contributed by atoms with van der Waals surface area (Å²) >= 11 is 1.74. The fourth-order valence-electron chi connectivity index (χ4n) is 4.47. The van der Waals surface area contributed by atoms with Crippen LogP contribution in [-0.2, 0) is 13.1 Å². The largest absolute Gasteiger partial charge is 0.354 e. The lowest BCUT2D eigenvalue weighted by molar-refractivity contribution is 0.114. The first kappa shape index (κ1) is 21.5. The molecule has 2 saturated heterocycles. The van der Waals surface area contributed by atoms with Crippen LogP contribution < -0.4 is 10.6 Å². The molecule has 1 aromatic heterocycles. The van der Waals surface area contributed by atoms with Gasteiger partial charge in [-0.15, -0.1) is 35.3 Å². The predicted molar refractivity (Wildman–Crippen MR) is 127 cm³/mol. The summed E-state index contributed by atoms with van der Waals surface area (Å²) in [7, 11) is 1.85. The van der Waals surface area contributed by atoms with E-state index in [9.17, 15) is 0 Å². The first-order valence-corrected chi connectivity index (χ1v) is 10.7. The smallest absolute Gasteiger partial charge is 0.191 e. The Labute approximate surface area is 189 Å². The van der Waals surface area contributed by atoms with Crippen molar-refractivity contribution in [2.75, 3.05) is 7.05 Å². The Kier molecular flexibility index (Phi) is 7.70. The van der Waals surface area contributed by atoms with Crippen molar-refractivity contribution in [1.82, 2.24) is 20.5 Å². The molecule has 5 nitrogen and oxygen atoms in total. The number of halogens is 1. The topological polar surface area (TPSA) is 52.6 Å². The third kappa shape index (κ3) is 5.24. The van der Waals surface area contributed by atoms with E-state index in [0.717, 1.165) is 24.1 Å². The molecule has 2 aromatic rings. The Morgan fingerprint density at radius 2 is 1.93 bits per heavy atom. The van der Waals surface area contributed by atoms with E-state index < -0.39 is 0 Å². The first-order valence-electron chi connectivity index (χ1n) is 9.89. The Balaban J connectivity index is 0.00000225. The number of hydrogen-bond acceptors (Lipinski definition) is 4. The van der Waals surface area contributed by atoms with E-state index in [0.29, 0.717) is 18.1 Å². The van der Waals surface area contributed by atoms with Gasteiger partial charge in [0.1, 0.15) is 5.01 Å². The van der Waals surface area contributed by atoms with Crippen molar-refractivity contribution in [2.24, 2.45) is 4.99 Å². The van der Waals surface area contributed by atoms with E-state index in [1.807, 2.05) is 13.2 Å². The van der Waals surface area contributed by atoms with E-state index in [-0.39, 0.29) is 24.0 Å². The lowest BCUT2D eigenvalue weighted by atomic mass is 9.96. The van der Waals surface area contributed by atoms with Crippen LogP contribution in [0.4, 0.5) is 0 Å². The Morgan fingerprint density at radius 1 is 1.21 bits per heavy atom. The van der Waals surface area contributed by atoms with E-state index in [1.54, 1.807) is 11.3 Å². The highest BCUT2D eigenvalue weighted by Crippen LogP contribution is 2.36. The van der Waals surface area contributed by atoms with Gasteiger partial charge >= 0.3 is 0 Å². The number of benzene rings is 1. The number of nitrogens with one attached hydrogen (secondary N) is 2. The van der Waals surface area contributed by atoms with Crippen LogP contribution in [-0.4, -0.2) is 41.0 Å². The van der Waals surface area contributed by atoms with Gasteiger partial charge in [-0.2, -0.15) is 0 Å². The quantitative estimate of drug-likeness (QED) is 0.363. The van der Waals surface area contributed by atoms with Gasteiger partial charge < -0.3 is 10.6 Å².